The molecule has 0 saturated carbocycles. The van der Waals surface area contributed by atoms with Crippen LogP contribution in [0.25, 0.3) is 11.1 Å². The zero-order chi connectivity index (χ0) is 21.5. The summed E-state index contributed by atoms with van der Waals surface area (Å²) in [4.78, 5) is 12.8. The maximum absolute atomic E-state index is 8.88. The average molecular weight is 417 g/mol. The molecule has 0 unspecified atom stereocenters. The standard InChI is InChI=1S/C22H23N7O2/c1-30-17-4-2-15(3-5-17)19-13-28-21(29-22-14-25-16(9-23)10-27-22)8-20(19)26-12-18-11-24-6-7-31-18/h2-5,8,10,13-14,18,24H,6-7,11-12H2,1H3,(H2,26,27,28,29)/t18-/m1/s1. The van der Waals surface area contributed by atoms with Gasteiger partial charge < -0.3 is 25.4 Å². The normalized spacial score (nSPS) is 15.7. The van der Waals surface area contributed by atoms with E-state index < -0.39 is 0 Å². The topological polar surface area (TPSA) is 117 Å². The smallest absolute Gasteiger partial charge is 0.158 e. The number of ether oxygens (including phenoxy) is 2. The van der Waals surface area contributed by atoms with Crippen molar-refractivity contribution in [2.24, 2.45) is 0 Å². The molecule has 2 aromatic heterocycles. The maximum Gasteiger partial charge on any atom is 0.158 e. The van der Waals surface area contributed by atoms with Crippen LogP contribution >= 0.6 is 0 Å². The van der Waals surface area contributed by atoms with E-state index in [1.165, 1.54) is 12.4 Å². The molecule has 0 bridgehead atoms. The zero-order valence-corrected chi connectivity index (χ0v) is 17.1. The Bertz CT molecular complexity index is 1040. The first-order chi connectivity index (χ1) is 15.2. The molecule has 1 aliphatic heterocycles. The van der Waals surface area contributed by atoms with E-state index >= 15 is 0 Å². The second kappa shape index (κ2) is 9.84. The Morgan fingerprint density at radius 1 is 1.16 bits per heavy atom. The van der Waals surface area contributed by atoms with Crippen molar-refractivity contribution in [1.29, 1.82) is 5.26 Å². The highest BCUT2D eigenvalue weighted by atomic mass is 16.5. The number of nitrogens with one attached hydrogen (secondary N) is 3. The van der Waals surface area contributed by atoms with Crippen molar-refractivity contribution in [3.8, 4) is 22.9 Å². The first-order valence-corrected chi connectivity index (χ1v) is 9.95. The summed E-state index contributed by atoms with van der Waals surface area (Å²) < 4.78 is 11.1. The van der Waals surface area contributed by atoms with Crippen LogP contribution in [-0.4, -0.2) is 54.4 Å². The molecule has 4 rings (SSSR count). The SMILES string of the molecule is COc1ccc(-c2cnc(Nc3cnc(C#N)cn3)cc2NC[C@H]2CNCCO2)cc1. The molecule has 0 spiro atoms. The Kier molecular flexibility index (Phi) is 6.52. The van der Waals surface area contributed by atoms with Crippen LogP contribution in [0.2, 0.25) is 0 Å². The molecule has 31 heavy (non-hydrogen) atoms. The molecule has 0 radical (unpaired) electrons. The summed E-state index contributed by atoms with van der Waals surface area (Å²) >= 11 is 0. The number of pyridine rings is 1. The van der Waals surface area contributed by atoms with E-state index in [2.05, 4.69) is 30.9 Å². The molecule has 1 aromatic carbocycles. The number of anilines is 3. The number of aromatic nitrogens is 3. The molecule has 3 aromatic rings. The molecule has 3 heterocycles. The fourth-order valence-corrected chi connectivity index (χ4v) is 3.23. The third-order valence-corrected chi connectivity index (χ3v) is 4.85. The summed E-state index contributed by atoms with van der Waals surface area (Å²) in [6, 6.07) is 11.7. The fourth-order valence-electron chi connectivity index (χ4n) is 3.23. The van der Waals surface area contributed by atoms with E-state index in [1.54, 1.807) is 7.11 Å². The number of hydrogen-bond acceptors (Lipinski definition) is 9. The maximum atomic E-state index is 8.88. The Morgan fingerprint density at radius 2 is 2.00 bits per heavy atom. The summed E-state index contributed by atoms with van der Waals surface area (Å²) in [7, 11) is 1.65. The van der Waals surface area contributed by atoms with Crippen LogP contribution in [0.1, 0.15) is 5.69 Å². The fraction of sp³-hybridized carbons (Fsp3) is 0.273. The summed E-state index contributed by atoms with van der Waals surface area (Å²) in [5.74, 6) is 1.92. The summed E-state index contributed by atoms with van der Waals surface area (Å²) in [5.41, 5.74) is 3.15. The third-order valence-electron chi connectivity index (χ3n) is 4.85. The average Bonchev–Trinajstić information content (AvgIpc) is 2.84. The number of nitrogens with zero attached hydrogens (tertiary/aromatic N) is 4. The van der Waals surface area contributed by atoms with E-state index in [9.17, 15) is 0 Å². The summed E-state index contributed by atoms with van der Waals surface area (Å²) in [5, 5.41) is 18.9. The molecule has 0 amide bonds. The third kappa shape index (κ3) is 5.25. The van der Waals surface area contributed by atoms with Crippen molar-refractivity contribution in [1.82, 2.24) is 20.3 Å². The predicted molar refractivity (Wildman–Crippen MR) is 117 cm³/mol. The van der Waals surface area contributed by atoms with Crippen LogP contribution in [0.15, 0.2) is 48.9 Å². The molecule has 3 N–H and O–H groups in total. The van der Waals surface area contributed by atoms with Gasteiger partial charge in [-0.2, -0.15) is 5.26 Å². The minimum atomic E-state index is 0.0893. The molecule has 158 valence electrons. The van der Waals surface area contributed by atoms with Gasteiger partial charge in [0.15, 0.2) is 5.69 Å². The Morgan fingerprint density at radius 3 is 2.68 bits per heavy atom. The van der Waals surface area contributed by atoms with Crippen molar-refractivity contribution >= 4 is 17.3 Å². The van der Waals surface area contributed by atoms with E-state index in [1.807, 2.05) is 42.6 Å². The predicted octanol–water partition coefficient (Wildman–Crippen LogP) is 2.56. The van der Waals surface area contributed by atoms with Gasteiger partial charge in [-0.25, -0.2) is 15.0 Å². The highest BCUT2D eigenvalue weighted by Crippen LogP contribution is 2.31. The quantitative estimate of drug-likeness (QED) is 0.533. The second-order valence-corrected chi connectivity index (χ2v) is 6.95. The van der Waals surface area contributed by atoms with Crippen LogP contribution in [0, 0.1) is 11.3 Å². The van der Waals surface area contributed by atoms with E-state index in [4.69, 9.17) is 14.7 Å². The summed E-state index contributed by atoms with van der Waals surface area (Å²) in [6.07, 6.45) is 4.82. The van der Waals surface area contributed by atoms with Crippen molar-refractivity contribution in [2.45, 2.75) is 6.10 Å². The van der Waals surface area contributed by atoms with Crippen LogP contribution in [-0.2, 0) is 4.74 Å². The highest BCUT2D eigenvalue weighted by molar-refractivity contribution is 5.80. The zero-order valence-electron chi connectivity index (χ0n) is 17.1. The molecular formula is C22H23N7O2. The van der Waals surface area contributed by atoms with Gasteiger partial charge in [0.25, 0.3) is 0 Å². The number of benzene rings is 1. The van der Waals surface area contributed by atoms with Crippen LogP contribution < -0.4 is 20.7 Å². The van der Waals surface area contributed by atoms with Gasteiger partial charge >= 0.3 is 0 Å². The largest absolute Gasteiger partial charge is 0.497 e. The molecule has 0 aliphatic carbocycles. The van der Waals surface area contributed by atoms with Gasteiger partial charge in [-0.15, -0.1) is 0 Å². The van der Waals surface area contributed by atoms with Crippen molar-refractivity contribution < 1.29 is 9.47 Å². The minimum Gasteiger partial charge on any atom is -0.497 e. The number of nitriles is 1. The second-order valence-electron chi connectivity index (χ2n) is 6.95. The first-order valence-electron chi connectivity index (χ1n) is 9.95. The lowest BCUT2D eigenvalue weighted by Crippen LogP contribution is -2.42. The monoisotopic (exact) mass is 417 g/mol. The van der Waals surface area contributed by atoms with Crippen molar-refractivity contribution in [3.05, 3.63) is 54.6 Å². The molecule has 1 aliphatic rings. The summed E-state index contributed by atoms with van der Waals surface area (Å²) in [6.45, 7) is 3.05. The first kappa shape index (κ1) is 20.5. The number of methoxy groups -OCH3 is 1. The number of rotatable bonds is 7. The van der Waals surface area contributed by atoms with Gasteiger partial charge in [0, 0.05) is 43.1 Å². The number of morpholine rings is 1. The van der Waals surface area contributed by atoms with Gasteiger partial charge in [0.05, 0.1) is 32.2 Å². The Hall–Kier alpha value is -3.74. The van der Waals surface area contributed by atoms with Gasteiger partial charge in [0.2, 0.25) is 0 Å². The van der Waals surface area contributed by atoms with E-state index in [0.717, 1.165) is 35.7 Å². The molecule has 1 saturated heterocycles. The van der Waals surface area contributed by atoms with Crippen molar-refractivity contribution in [2.75, 3.05) is 44.0 Å². The lowest BCUT2D eigenvalue weighted by Gasteiger charge is -2.25. The lowest BCUT2D eigenvalue weighted by molar-refractivity contribution is 0.0372. The van der Waals surface area contributed by atoms with Gasteiger partial charge in [-0.3, -0.25) is 0 Å². The van der Waals surface area contributed by atoms with Crippen molar-refractivity contribution in [3.63, 3.8) is 0 Å². The number of hydrogen-bond donors (Lipinski definition) is 3. The van der Waals surface area contributed by atoms with Gasteiger partial charge in [-0.05, 0) is 17.7 Å². The van der Waals surface area contributed by atoms with Crippen LogP contribution in [0.5, 0.6) is 5.75 Å². The van der Waals surface area contributed by atoms with E-state index in [0.29, 0.717) is 24.8 Å². The molecule has 1 atom stereocenters. The molecular weight excluding hydrogens is 394 g/mol. The van der Waals surface area contributed by atoms with Gasteiger partial charge in [-0.1, -0.05) is 12.1 Å². The minimum absolute atomic E-state index is 0.0893. The van der Waals surface area contributed by atoms with Gasteiger partial charge in [0.1, 0.15) is 23.5 Å². The van der Waals surface area contributed by atoms with E-state index in [-0.39, 0.29) is 11.8 Å². The highest BCUT2D eigenvalue weighted by Gasteiger charge is 2.15. The molecule has 1 fully saturated rings. The Balaban J connectivity index is 1.58. The lowest BCUT2D eigenvalue weighted by atomic mass is 10.1. The molecule has 9 heteroatoms. The van der Waals surface area contributed by atoms with Crippen LogP contribution in [0.4, 0.5) is 17.3 Å². The molecule has 9 nitrogen and oxygen atoms in total. The van der Waals surface area contributed by atoms with Crippen LogP contribution in [0.3, 0.4) is 0 Å². The Labute approximate surface area is 180 Å².